The molecule has 1 saturated carbocycles. The molecule has 0 N–H and O–H groups in total. The van der Waals surface area contributed by atoms with Crippen molar-refractivity contribution in [3.8, 4) is 0 Å². The van der Waals surface area contributed by atoms with Crippen LogP contribution in [0.15, 0.2) is 16.5 Å². The predicted octanol–water partition coefficient (Wildman–Crippen LogP) is 2.57. The third kappa shape index (κ3) is 3.62. The van der Waals surface area contributed by atoms with Crippen LogP contribution in [0.25, 0.3) is 0 Å². The van der Waals surface area contributed by atoms with Crippen molar-refractivity contribution >= 4 is 15.7 Å². The zero-order valence-corrected chi connectivity index (χ0v) is 14.8. The topological polar surface area (TPSA) is 67.6 Å². The molecule has 6 heteroatoms. The summed E-state index contributed by atoms with van der Waals surface area (Å²) >= 11 is 0. The molecular weight excluding hydrogens is 314 g/mol. The molecule has 1 aliphatic carbocycles. The minimum Gasteiger partial charge on any atom is -0.464 e. The molecule has 0 radical (unpaired) electrons. The van der Waals surface area contributed by atoms with Crippen molar-refractivity contribution in [2.45, 2.75) is 52.1 Å². The van der Waals surface area contributed by atoms with Crippen LogP contribution in [0.4, 0.5) is 0 Å². The van der Waals surface area contributed by atoms with Crippen molar-refractivity contribution in [2.75, 3.05) is 11.5 Å². The highest BCUT2D eigenvalue weighted by atomic mass is 32.2. The highest BCUT2D eigenvalue weighted by Gasteiger charge is 2.38. The molecule has 2 aliphatic rings. The summed E-state index contributed by atoms with van der Waals surface area (Å²) in [5.41, 5.74) is 0. The van der Waals surface area contributed by atoms with Crippen LogP contribution in [0.2, 0.25) is 0 Å². The molecule has 0 aromatic carbocycles. The number of carbonyl (C=O) groups excluding carboxylic acids is 1. The Hall–Kier alpha value is -1.30. The number of hydrogen-bond acceptors (Lipinski definition) is 4. The number of carbonyl (C=O) groups is 1. The summed E-state index contributed by atoms with van der Waals surface area (Å²) in [5, 5.41) is 0. The lowest BCUT2D eigenvalue weighted by molar-refractivity contribution is -0.137. The summed E-state index contributed by atoms with van der Waals surface area (Å²) in [6.07, 6.45) is 1.68. The zero-order valence-electron chi connectivity index (χ0n) is 14.0. The average molecular weight is 339 g/mol. The van der Waals surface area contributed by atoms with Crippen molar-refractivity contribution in [3.05, 3.63) is 23.7 Å². The van der Waals surface area contributed by atoms with Crippen molar-refractivity contribution in [1.82, 2.24) is 4.90 Å². The van der Waals surface area contributed by atoms with E-state index in [9.17, 15) is 13.2 Å². The van der Waals surface area contributed by atoms with Gasteiger partial charge < -0.3 is 9.32 Å². The van der Waals surface area contributed by atoms with Crippen LogP contribution in [0, 0.1) is 11.8 Å². The molecule has 3 unspecified atom stereocenters. The van der Waals surface area contributed by atoms with E-state index < -0.39 is 9.84 Å². The van der Waals surface area contributed by atoms with Crippen LogP contribution in [-0.4, -0.2) is 36.8 Å². The number of rotatable bonds is 5. The van der Waals surface area contributed by atoms with Gasteiger partial charge in [0.2, 0.25) is 5.91 Å². The van der Waals surface area contributed by atoms with Crippen molar-refractivity contribution in [1.29, 1.82) is 0 Å². The van der Waals surface area contributed by atoms with Gasteiger partial charge in [-0.1, -0.05) is 20.8 Å². The Balaban J connectivity index is 1.76. The molecular formula is C17H25NO4S. The molecule has 23 heavy (non-hydrogen) atoms. The zero-order chi connectivity index (χ0) is 16.8. The lowest BCUT2D eigenvalue weighted by Crippen LogP contribution is -2.42. The van der Waals surface area contributed by atoms with Gasteiger partial charge in [-0.3, -0.25) is 4.79 Å². The molecule has 1 amide bonds. The maximum Gasteiger partial charge on any atom is 0.225 e. The lowest BCUT2D eigenvalue weighted by Gasteiger charge is -2.29. The first-order chi connectivity index (χ1) is 10.8. The molecule has 3 rings (SSSR count). The molecule has 2 fully saturated rings. The predicted molar refractivity (Wildman–Crippen MR) is 87.7 cm³/mol. The number of amides is 1. The summed E-state index contributed by atoms with van der Waals surface area (Å²) in [7, 11) is -3.02. The summed E-state index contributed by atoms with van der Waals surface area (Å²) in [4.78, 5) is 14.2. The van der Waals surface area contributed by atoms with Gasteiger partial charge in [0.15, 0.2) is 9.84 Å². The van der Waals surface area contributed by atoms with Crippen LogP contribution in [0.3, 0.4) is 0 Å². The average Bonchev–Trinajstić information content (AvgIpc) is 2.87. The smallest absolute Gasteiger partial charge is 0.225 e. The first-order valence-electron chi connectivity index (χ1n) is 8.36. The minimum atomic E-state index is -3.02. The van der Waals surface area contributed by atoms with Gasteiger partial charge in [-0.05, 0) is 30.9 Å². The minimum absolute atomic E-state index is 0.00941. The number of hydrogen-bond donors (Lipinski definition) is 0. The van der Waals surface area contributed by atoms with E-state index in [1.165, 1.54) is 0 Å². The van der Waals surface area contributed by atoms with Gasteiger partial charge >= 0.3 is 0 Å². The van der Waals surface area contributed by atoms with Gasteiger partial charge in [0.05, 0.1) is 18.1 Å². The van der Waals surface area contributed by atoms with Crippen molar-refractivity contribution < 1.29 is 17.6 Å². The quantitative estimate of drug-likeness (QED) is 0.827. The van der Waals surface area contributed by atoms with Gasteiger partial charge in [-0.25, -0.2) is 8.42 Å². The van der Waals surface area contributed by atoms with Crippen molar-refractivity contribution in [2.24, 2.45) is 11.8 Å². The fourth-order valence-electron chi connectivity index (χ4n) is 3.31. The van der Waals surface area contributed by atoms with E-state index in [1.54, 1.807) is 4.90 Å². The van der Waals surface area contributed by atoms with Crippen LogP contribution < -0.4 is 0 Å². The second-order valence-corrected chi connectivity index (χ2v) is 9.53. The summed E-state index contributed by atoms with van der Waals surface area (Å²) in [5.74, 6) is 2.98. The van der Waals surface area contributed by atoms with Gasteiger partial charge in [-0.2, -0.15) is 0 Å². The van der Waals surface area contributed by atoms with Crippen LogP contribution in [-0.2, 0) is 21.2 Å². The SMILES string of the molecule is CC(C)C(=O)N(Cc1ccc(C2CC2C)o1)C1CCS(=O)(=O)C1. The Bertz CT molecular complexity index is 691. The highest BCUT2D eigenvalue weighted by Crippen LogP contribution is 2.47. The Labute approximate surface area is 138 Å². The van der Waals surface area contributed by atoms with E-state index in [-0.39, 0.29) is 29.4 Å². The van der Waals surface area contributed by atoms with Gasteiger partial charge in [0, 0.05) is 17.9 Å². The molecule has 0 spiro atoms. The number of sulfone groups is 1. The maximum atomic E-state index is 12.5. The normalized spacial score (nSPS) is 29.0. The Morgan fingerprint density at radius 2 is 2.09 bits per heavy atom. The monoisotopic (exact) mass is 339 g/mol. The lowest BCUT2D eigenvalue weighted by atomic mass is 10.1. The van der Waals surface area contributed by atoms with E-state index in [4.69, 9.17) is 4.42 Å². The Morgan fingerprint density at radius 1 is 1.39 bits per heavy atom. The van der Waals surface area contributed by atoms with E-state index in [2.05, 4.69) is 6.92 Å². The second-order valence-electron chi connectivity index (χ2n) is 7.30. The molecule has 1 aliphatic heterocycles. The number of furan rings is 1. The molecule has 5 nitrogen and oxygen atoms in total. The van der Waals surface area contributed by atoms with Crippen LogP contribution in [0.5, 0.6) is 0 Å². The Morgan fingerprint density at radius 3 is 2.61 bits per heavy atom. The molecule has 1 aromatic heterocycles. The van der Waals surface area contributed by atoms with Gasteiger partial charge in [0.25, 0.3) is 0 Å². The molecule has 1 aromatic rings. The van der Waals surface area contributed by atoms with Gasteiger partial charge in [-0.15, -0.1) is 0 Å². The van der Waals surface area contributed by atoms with E-state index in [1.807, 2.05) is 26.0 Å². The third-order valence-corrected chi connectivity index (χ3v) is 6.66. The summed E-state index contributed by atoms with van der Waals surface area (Å²) in [6, 6.07) is 3.68. The summed E-state index contributed by atoms with van der Waals surface area (Å²) in [6.45, 7) is 6.25. The van der Waals surface area contributed by atoms with Crippen molar-refractivity contribution in [3.63, 3.8) is 0 Å². The molecule has 1 saturated heterocycles. The van der Waals surface area contributed by atoms with Crippen LogP contribution in [0.1, 0.15) is 51.1 Å². The van der Waals surface area contributed by atoms with E-state index >= 15 is 0 Å². The largest absolute Gasteiger partial charge is 0.464 e. The first kappa shape index (κ1) is 16.6. The molecule has 0 bridgehead atoms. The Kier molecular flexibility index (Phi) is 4.29. The molecule has 128 valence electrons. The fourth-order valence-corrected chi connectivity index (χ4v) is 5.04. The first-order valence-corrected chi connectivity index (χ1v) is 10.2. The van der Waals surface area contributed by atoms with Crippen LogP contribution >= 0.6 is 0 Å². The standard InChI is InChI=1S/C17H25NO4S/c1-11(2)17(19)18(13-6-7-23(20,21)10-13)9-14-4-5-16(22-14)15-8-12(15)3/h4-5,11-13,15H,6-10H2,1-3H3. The maximum absolute atomic E-state index is 12.5. The van der Waals surface area contributed by atoms with E-state index in [0.29, 0.717) is 24.8 Å². The fraction of sp³-hybridized carbons (Fsp3) is 0.706. The summed E-state index contributed by atoms with van der Waals surface area (Å²) < 4.78 is 29.4. The molecule has 2 heterocycles. The number of nitrogens with zero attached hydrogens (tertiary/aromatic N) is 1. The molecule has 3 atom stereocenters. The highest BCUT2D eigenvalue weighted by molar-refractivity contribution is 7.91. The third-order valence-electron chi connectivity index (χ3n) is 4.91. The van der Waals surface area contributed by atoms with Gasteiger partial charge in [0.1, 0.15) is 11.5 Å². The van der Waals surface area contributed by atoms with E-state index in [0.717, 1.165) is 17.9 Å². The second kappa shape index (κ2) is 5.96.